The highest BCUT2D eigenvalue weighted by Gasteiger charge is 2.53. The fraction of sp³-hybridized carbons (Fsp3) is 0.938. The summed E-state index contributed by atoms with van der Waals surface area (Å²) in [5.74, 6) is 3.06. The molecule has 4 rings (SSSR count). The molecule has 4 aliphatic rings. The third kappa shape index (κ3) is 2.63. The predicted octanol–water partition coefficient (Wildman–Crippen LogP) is 3.47. The minimum absolute atomic E-state index is 0.540. The Morgan fingerprint density at radius 1 is 1.16 bits per heavy atom. The zero-order chi connectivity index (χ0) is 13.5. The lowest BCUT2D eigenvalue weighted by molar-refractivity contribution is -0.0672. The second-order valence-corrected chi connectivity index (χ2v) is 7.81. The van der Waals surface area contributed by atoms with E-state index in [0.29, 0.717) is 11.5 Å². The van der Waals surface area contributed by atoms with E-state index in [1.165, 1.54) is 38.5 Å². The van der Waals surface area contributed by atoms with E-state index in [1.807, 2.05) is 0 Å². The van der Waals surface area contributed by atoms with Crippen LogP contribution >= 0.6 is 12.2 Å². The molecule has 0 spiro atoms. The standard InChI is InChI=1S/C16H28N2S/c1-3-4-17-15(19)18-11(2)16-8-12-5-13(9-16)7-14(6-12)10-16/h11-14H,3-10H2,1-2H3,(H2,17,18,19)/t11-,12?,13?,14?,16?/m1/s1. The second kappa shape index (κ2) is 5.23. The quantitative estimate of drug-likeness (QED) is 0.771. The van der Waals surface area contributed by atoms with Crippen molar-refractivity contribution in [2.24, 2.45) is 23.2 Å². The van der Waals surface area contributed by atoms with Crippen LogP contribution in [0.4, 0.5) is 0 Å². The van der Waals surface area contributed by atoms with Crippen LogP contribution in [0.3, 0.4) is 0 Å². The Balaban J connectivity index is 1.63. The van der Waals surface area contributed by atoms with Crippen LogP contribution in [0.2, 0.25) is 0 Å². The summed E-state index contributed by atoms with van der Waals surface area (Å²) >= 11 is 5.43. The molecule has 2 nitrogen and oxygen atoms in total. The molecule has 0 radical (unpaired) electrons. The number of thiocarbonyl (C=S) groups is 1. The summed E-state index contributed by atoms with van der Waals surface area (Å²) in [7, 11) is 0. The van der Waals surface area contributed by atoms with E-state index in [2.05, 4.69) is 24.5 Å². The molecule has 0 saturated heterocycles. The number of nitrogens with one attached hydrogen (secondary N) is 2. The van der Waals surface area contributed by atoms with Crippen LogP contribution in [0.15, 0.2) is 0 Å². The van der Waals surface area contributed by atoms with Crippen molar-refractivity contribution in [2.45, 2.75) is 64.8 Å². The molecule has 4 fully saturated rings. The molecule has 0 aromatic carbocycles. The van der Waals surface area contributed by atoms with Gasteiger partial charge in [0.25, 0.3) is 0 Å². The van der Waals surface area contributed by atoms with Gasteiger partial charge in [0.15, 0.2) is 5.11 Å². The Morgan fingerprint density at radius 3 is 2.16 bits per heavy atom. The van der Waals surface area contributed by atoms with Gasteiger partial charge >= 0.3 is 0 Å². The Kier molecular flexibility index (Phi) is 3.76. The Morgan fingerprint density at radius 2 is 1.68 bits per heavy atom. The van der Waals surface area contributed by atoms with Gasteiger partial charge in [-0.1, -0.05) is 6.92 Å². The van der Waals surface area contributed by atoms with E-state index in [1.54, 1.807) is 0 Å². The van der Waals surface area contributed by atoms with Gasteiger partial charge in [0.1, 0.15) is 0 Å². The maximum absolute atomic E-state index is 5.43. The van der Waals surface area contributed by atoms with E-state index >= 15 is 0 Å². The lowest BCUT2D eigenvalue weighted by atomic mass is 9.48. The molecule has 19 heavy (non-hydrogen) atoms. The molecule has 4 bridgehead atoms. The van der Waals surface area contributed by atoms with Crippen LogP contribution in [0.5, 0.6) is 0 Å². The molecule has 0 aliphatic heterocycles. The molecule has 0 amide bonds. The van der Waals surface area contributed by atoms with Gasteiger partial charge in [0.2, 0.25) is 0 Å². The lowest BCUT2D eigenvalue weighted by Crippen LogP contribution is -2.57. The largest absolute Gasteiger partial charge is 0.363 e. The van der Waals surface area contributed by atoms with Gasteiger partial charge in [-0.05, 0) is 87.3 Å². The van der Waals surface area contributed by atoms with Crippen LogP contribution in [-0.4, -0.2) is 17.7 Å². The third-order valence-electron chi connectivity index (χ3n) is 5.89. The molecule has 0 heterocycles. The molecule has 0 aromatic heterocycles. The van der Waals surface area contributed by atoms with Crippen molar-refractivity contribution in [3.05, 3.63) is 0 Å². The summed E-state index contributed by atoms with van der Waals surface area (Å²) in [5.41, 5.74) is 0.548. The van der Waals surface area contributed by atoms with Gasteiger partial charge in [-0.3, -0.25) is 0 Å². The van der Waals surface area contributed by atoms with Crippen molar-refractivity contribution in [3.8, 4) is 0 Å². The molecular formula is C16H28N2S. The average molecular weight is 280 g/mol. The number of hydrogen-bond donors (Lipinski definition) is 2. The Labute approximate surface area is 123 Å². The van der Waals surface area contributed by atoms with Gasteiger partial charge < -0.3 is 10.6 Å². The zero-order valence-corrected chi connectivity index (χ0v) is 13.2. The first-order valence-corrected chi connectivity index (χ1v) is 8.56. The van der Waals surface area contributed by atoms with Gasteiger partial charge in [-0.25, -0.2) is 0 Å². The van der Waals surface area contributed by atoms with Crippen molar-refractivity contribution >= 4 is 17.3 Å². The highest BCUT2D eigenvalue weighted by atomic mass is 32.1. The summed E-state index contributed by atoms with van der Waals surface area (Å²) < 4.78 is 0. The van der Waals surface area contributed by atoms with E-state index in [4.69, 9.17) is 12.2 Å². The SMILES string of the molecule is CCCNC(=S)N[C@H](C)C12CC3CC(CC(C3)C1)C2. The first-order valence-electron chi connectivity index (χ1n) is 8.15. The average Bonchev–Trinajstić information content (AvgIpc) is 2.34. The Bertz CT molecular complexity index is 317. The molecule has 4 aliphatic carbocycles. The topological polar surface area (TPSA) is 24.1 Å². The maximum atomic E-state index is 5.43. The minimum atomic E-state index is 0.540. The van der Waals surface area contributed by atoms with Gasteiger partial charge in [-0.2, -0.15) is 0 Å². The fourth-order valence-electron chi connectivity index (χ4n) is 5.35. The van der Waals surface area contributed by atoms with Crippen molar-refractivity contribution < 1.29 is 0 Å². The van der Waals surface area contributed by atoms with Crippen molar-refractivity contribution in [3.63, 3.8) is 0 Å². The summed E-state index contributed by atoms with van der Waals surface area (Å²) in [6.45, 7) is 5.53. The molecule has 4 saturated carbocycles. The monoisotopic (exact) mass is 280 g/mol. The molecule has 1 atom stereocenters. The first kappa shape index (κ1) is 13.7. The van der Waals surface area contributed by atoms with Gasteiger partial charge in [0, 0.05) is 12.6 Å². The summed E-state index contributed by atoms with van der Waals surface area (Å²) in [4.78, 5) is 0. The van der Waals surface area contributed by atoms with Crippen molar-refractivity contribution in [1.29, 1.82) is 0 Å². The van der Waals surface area contributed by atoms with E-state index in [-0.39, 0.29) is 0 Å². The predicted molar refractivity (Wildman–Crippen MR) is 84.1 cm³/mol. The summed E-state index contributed by atoms with van der Waals surface area (Å²) in [6.07, 6.45) is 10.0. The second-order valence-electron chi connectivity index (χ2n) is 7.40. The van der Waals surface area contributed by atoms with E-state index in [9.17, 15) is 0 Å². The highest BCUT2D eigenvalue weighted by Crippen LogP contribution is 2.61. The zero-order valence-electron chi connectivity index (χ0n) is 12.4. The fourth-order valence-corrected chi connectivity index (χ4v) is 5.63. The Hall–Kier alpha value is -0.310. The van der Waals surface area contributed by atoms with E-state index < -0.39 is 0 Å². The summed E-state index contributed by atoms with van der Waals surface area (Å²) in [6, 6.07) is 0.540. The maximum Gasteiger partial charge on any atom is 0.166 e. The molecule has 0 aromatic rings. The van der Waals surface area contributed by atoms with Crippen molar-refractivity contribution in [2.75, 3.05) is 6.54 Å². The number of rotatable bonds is 4. The lowest BCUT2D eigenvalue weighted by Gasteiger charge is -2.59. The first-order chi connectivity index (χ1) is 9.11. The van der Waals surface area contributed by atoms with E-state index in [0.717, 1.165) is 35.8 Å². The van der Waals surface area contributed by atoms with Crippen LogP contribution in [0.1, 0.15) is 58.8 Å². The highest BCUT2D eigenvalue weighted by molar-refractivity contribution is 7.80. The van der Waals surface area contributed by atoms with Crippen molar-refractivity contribution in [1.82, 2.24) is 10.6 Å². The molecule has 2 N–H and O–H groups in total. The van der Waals surface area contributed by atoms with Gasteiger partial charge in [-0.15, -0.1) is 0 Å². The van der Waals surface area contributed by atoms with Crippen LogP contribution in [-0.2, 0) is 0 Å². The molecule has 3 heteroatoms. The molecule has 108 valence electrons. The normalized spacial score (nSPS) is 41.1. The molecular weight excluding hydrogens is 252 g/mol. The van der Waals surface area contributed by atoms with Crippen LogP contribution in [0, 0.1) is 23.2 Å². The minimum Gasteiger partial charge on any atom is -0.363 e. The molecule has 0 unspecified atom stereocenters. The summed E-state index contributed by atoms with van der Waals surface area (Å²) in [5, 5.41) is 7.77. The smallest absolute Gasteiger partial charge is 0.166 e. The van der Waals surface area contributed by atoms with Crippen LogP contribution in [0.25, 0.3) is 0 Å². The van der Waals surface area contributed by atoms with Crippen LogP contribution < -0.4 is 10.6 Å². The number of hydrogen-bond acceptors (Lipinski definition) is 1. The third-order valence-corrected chi connectivity index (χ3v) is 6.15. The van der Waals surface area contributed by atoms with Gasteiger partial charge in [0.05, 0.1) is 0 Å².